The summed E-state index contributed by atoms with van der Waals surface area (Å²) in [6, 6.07) is 12.8. The molecule has 1 aliphatic carbocycles. The first-order chi connectivity index (χ1) is 19.5. The smallest absolute Gasteiger partial charge is 0.343 e. The van der Waals surface area contributed by atoms with Gasteiger partial charge in [-0.2, -0.15) is 0 Å². The minimum atomic E-state index is -0.840. The van der Waals surface area contributed by atoms with E-state index < -0.39 is 17.8 Å². The lowest BCUT2D eigenvalue weighted by molar-refractivity contribution is -0.137. The zero-order valence-electron chi connectivity index (χ0n) is 24.6. The van der Waals surface area contributed by atoms with Gasteiger partial charge in [0.1, 0.15) is 11.6 Å². The van der Waals surface area contributed by atoms with Crippen molar-refractivity contribution in [3.05, 3.63) is 76.7 Å². The minimum absolute atomic E-state index is 0.0462. The van der Waals surface area contributed by atoms with Crippen LogP contribution in [0.25, 0.3) is 11.1 Å². The highest BCUT2D eigenvalue weighted by molar-refractivity contribution is 5.94. The quantitative estimate of drug-likeness (QED) is 0.188. The summed E-state index contributed by atoms with van der Waals surface area (Å²) in [5.74, 6) is -0.953. The normalized spacial score (nSPS) is 14.0. The number of pyridine rings is 1. The molecular weight excluding hydrogens is 523 g/mol. The van der Waals surface area contributed by atoms with E-state index in [1.54, 1.807) is 37.3 Å². The molecule has 218 valence electrons. The predicted octanol–water partition coefficient (Wildman–Crippen LogP) is 7.01. The molecular formula is C33H39FN2O5. The van der Waals surface area contributed by atoms with Crippen molar-refractivity contribution in [3.8, 4) is 22.8 Å². The van der Waals surface area contributed by atoms with Crippen molar-refractivity contribution in [2.45, 2.75) is 78.4 Å². The molecule has 1 N–H and O–H groups in total. The average Bonchev–Trinajstić information content (AvgIpc) is 3.76. The third-order valence-corrected chi connectivity index (χ3v) is 7.76. The number of ether oxygens (including phenoxy) is 2. The maximum Gasteiger partial charge on any atom is 0.343 e. The summed E-state index contributed by atoms with van der Waals surface area (Å²) in [4.78, 5) is 31.2. The summed E-state index contributed by atoms with van der Waals surface area (Å²) < 4.78 is 26.2. The maximum atomic E-state index is 15.1. The van der Waals surface area contributed by atoms with Crippen LogP contribution >= 0.6 is 0 Å². The van der Waals surface area contributed by atoms with Gasteiger partial charge < -0.3 is 14.6 Å². The molecule has 1 aromatic heterocycles. The van der Waals surface area contributed by atoms with Gasteiger partial charge in [0.05, 0.1) is 25.3 Å². The molecule has 1 aliphatic rings. The first-order valence-electron chi connectivity index (χ1n) is 14.1. The van der Waals surface area contributed by atoms with E-state index in [-0.39, 0.29) is 24.4 Å². The Hall–Kier alpha value is -3.78. The fourth-order valence-electron chi connectivity index (χ4n) is 5.46. The Labute approximate surface area is 241 Å². The Bertz CT molecular complexity index is 1410. The molecule has 0 saturated heterocycles. The summed E-state index contributed by atoms with van der Waals surface area (Å²) in [6.07, 6.45) is 3.20. The highest BCUT2D eigenvalue weighted by atomic mass is 19.1. The van der Waals surface area contributed by atoms with E-state index >= 15 is 4.39 Å². The van der Waals surface area contributed by atoms with E-state index in [2.05, 4.69) is 37.6 Å². The fourth-order valence-corrected chi connectivity index (χ4v) is 5.46. The molecule has 1 saturated carbocycles. The minimum Gasteiger partial charge on any atom is -0.481 e. The van der Waals surface area contributed by atoms with Gasteiger partial charge in [-0.05, 0) is 99.7 Å². The molecule has 1 fully saturated rings. The zero-order chi connectivity index (χ0) is 29.8. The largest absolute Gasteiger partial charge is 0.481 e. The lowest BCUT2D eigenvalue weighted by Gasteiger charge is -2.31. The van der Waals surface area contributed by atoms with E-state index in [0.29, 0.717) is 46.3 Å². The molecule has 0 radical (unpaired) electrons. The first-order valence-corrected chi connectivity index (χ1v) is 14.1. The number of aromatic nitrogens is 1. The molecule has 0 aliphatic heterocycles. The molecule has 3 aromatic rings. The Morgan fingerprint density at radius 1 is 1.07 bits per heavy atom. The number of halogens is 1. The molecule has 1 heterocycles. The number of hydrogen-bond donors (Lipinski definition) is 1. The molecule has 8 heteroatoms. The van der Waals surface area contributed by atoms with Gasteiger partial charge in [0.25, 0.3) is 0 Å². The second-order valence-electron chi connectivity index (χ2n) is 11.4. The van der Waals surface area contributed by atoms with E-state index in [0.717, 1.165) is 30.2 Å². The molecule has 0 amide bonds. The molecule has 1 atom stereocenters. The van der Waals surface area contributed by atoms with Gasteiger partial charge in [0, 0.05) is 30.3 Å². The Kier molecular flexibility index (Phi) is 9.43. The predicted molar refractivity (Wildman–Crippen MR) is 156 cm³/mol. The maximum absolute atomic E-state index is 15.1. The molecule has 41 heavy (non-hydrogen) atoms. The second kappa shape index (κ2) is 12.8. The van der Waals surface area contributed by atoms with Crippen LogP contribution in [0.1, 0.15) is 79.9 Å². The van der Waals surface area contributed by atoms with E-state index in [9.17, 15) is 14.7 Å². The topological polar surface area (TPSA) is 89.0 Å². The van der Waals surface area contributed by atoms with Gasteiger partial charge in [-0.1, -0.05) is 18.2 Å². The highest BCUT2D eigenvalue weighted by Gasteiger charge is 2.34. The van der Waals surface area contributed by atoms with Gasteiger partial charge >= 0.3 is 11.9 Å². The fraction of sp³-hybridized carbons (Fsp3) is 0.424. The Balaban J connectivity index is 1.71. The standard InChI is InChI=1S/C33H39FN2O5/c1-19(2)36(20(3)4)18-24-14-26(21(5)12-28(24)29-15-31(40-6)35-17-30(29)34)33(39)41-25-9-7-8-23(13-25)27(16-32(37)38)22-10-11-22/h7-9,12-15,17,19-20,22,27H,10-11,16,18H2,1-6H3,(H,37,38)/t27-/m0/s1. The van der Waals surface area contributed by atoms with Gasteiger partial charge in [-0.3, -0.25) is 9.69 Å². The Morgan fingerprint density at radius 2 is 1.78 bits per heavy atom. The lowest BCUT2D eigenvalue weighted by atomic mass is 9.91. The zero-order valence-corrected chi connectivity index (χ0v) is 24.6. The number of hydrogen-bond acceptors (Lipinski definition) is 6. The number of rotatable bonds is 12. The molecule has 0 unspecified atom stereocenters. The number of aryl methyl sites for hydroxylation is 1. The van der Waals surface area contributed by atoms with Crippen molar-refractivity contribution in [1.82, 2.24) is 9.88 Å². The summed E-state index contributed by atoms with van der Waals surface area (Å²) in [5.41, 5.74) is 3.67. The van der Waals surface area contributed by atoms with Crippen LogP contribution in [0.5, 0.6) is 11.6 Å². The Morgan fingerprint density at radius 3 is 2.39 bits per heavy atom. The van der Waals surface area contributed by atoms with Crippen LogP contribution < -0.4 is 9.47 Å². The third kappa shape index (κ3) is 7.30. The van der Waals surface area contributed by atoms with Crippen LogP contribution in [0, 0.1) is 18.7 Å². The second-order valence-corrected chi connectivity index (χ2v) is 11.4. The molecule has 4 rings (SSSR count). The highest BCUT2D eigenvalue weighted by Crippen LogP contribution is 2.45. The number of carboxylic acids is 1. The SMILES string of the molecule is COc1cc(-c2cc(C)c(C(=O)Oc3cccc([C@@H](CC(=O)O)C4CC4)c3)cc2CN(C(C)C)C(C)C)c(F)cn1. The van der Waals surface area contributed by atoms with Crippen molar-refractivity contribution in [2.24, 2.45) is 5.92 Å². The van der Waals surface area contributed by atoms with Crippen molar-refractivity contribution in [1.29, 1.82) is 0 Å². The average molecular weight is 563 g/mol. The molecule has 0 bridgehead atoms. The van der Waals surface area contributed by atoms with E-state index in [1.165, 1.54) is 7.11 Å². The number of carbonyl (C=O) groups is 2. The lowest BCUT2D eigenvalue weighted by Crippen LogP contribution is -2.36. The van der Waals surface area contributed by atoms with Crippen LogP contribution in [0.15, 0.2) is 48.7 Å². The number of methoxy groups -OCH3 is 1. The number of carboxylic acid groups (broad SMARTS) is 1. The molecule has 7 nitrogen and oxygen atoms in total. The van der Waals surface area contributed by atoms with Gasteiger partial charge in [-0.15, -0.1) is 0 Å². The van der Waals surface area contributed by atoms with E-state index in [1.807, 2.05) is 12.1 Å². The number of esters is 1. The van der Waals surface area contributed by atoms with Crippen LogP contribution in [-0.2, 0) is 11.3 Å². The first kappa shape index (κ1) is 30.2. The van der Waals surface area contributed by atoms with Gasteiger partial charge in [-0.25, -0.2) is 14.2 Å². The summed E-state index contributed by atoms with van der Waals surface area (Å²) >= 11 is 0. The monoisotopic (exact) mass is 562 g/mol. The summed E-state index contributed by atoms with van der Waals surface area (Å²) in [6.45, 7) is 10.7. The van der Waals surface area contributed by atoms with Gasteiger partial charge in [0.2, 0.25) is 5.88 Å². The van der Waals surface area contributed by atoms with E-state index in [4.69, 9.17) is 9.47 Å². The van der Waals surface area contributed by atoms with Crippen molar-refractivity contribution in [3.63, 3.8) is 0 Å². The van der Waals surface area contributed by atoms with Crippen molar-refractivity contribution < 1.29 is 28.6 Å². The van der Waals surface area contributed by atoms with Crippen LogP contribution in [0.4, 0.5) is 4.39 Å². The van der Waals surface area contributed by atoms with Gasteiger partial charge in [0.15, 0.2) is 0 Å². The van der Waals surface area contributed by atoms with Crippen LogP contribution in [0.2, 0.25) is 0 Å². The van der Waals surface area contributed by atoms with Crippen molar-refractivity contribution in [2.75, 3.05) is 7.11 Å². The molecule has 0 spiro atoms. The van der Waals surface area contributed by atoms with Crippen LogP contribution in [-0.4, -0.2) is 46.1 Å². The van der Waals surface area contributed by atoms with Crippen LogP contribution in [0.3, 0.4) is 0 Å². The van der Waals surface area contributed by atoms with Crippen molar-refractivity contribution >= 4 is 11.9 Å². The number of nitrogens with zero attached hydrogens (tertiary/aromatic N) is 2. The molecule has 2 aromatic carbocycles. The summed E-state index contributed by atoms with van der Waals surface area (Å²) in [7, 11) is 1.48. The number of carbonyl (C=O) groups excluding carboxylic acids is 1. The summed E-state index contributed by atoms with van der Waals surface area (Å²) in [5, 5.41) is 9.40. The number of benzene rings is 2. The third-order valence-electron chi connectivity index (χ3n) is 7.76. The number of aliphatic carboxylic acids is 1.